The summed E-state index contributed by atoms with van der Waals surface area (Å²) in [6.07, 6.45) is 18.0. The summed E-state index contributed by atoms with van der Waals surface area (Å²) < 4.78 is 2.55. The van der Waals surface area contributed by atoms with Crippen molar-refractivity contribution in [3.8, 4) is 11.1 Å². The summed E-state index contributed by atoms with van der Waals surface area (Å²) >= 11 is 0. The molecule has 1 heterocycles. The molecule has 0 bridgehead atoms. The summed E-state index contributed by atoms with van der Waals surface area (Å²) in [4.78, 5) is 0. The number of benzene rings is 4. The van der Waals surface area contributed by atoms with Crippen LogP contribution in [0.25, 0.3) is 38.5 Å². The van der Waals surface area contributed by atoms with E-state index in [4.69, 9.17) is 6.58 Å². The van der Waals surface area contributed by atoms with E-state index < -0.39 is 0 Å². The predicted molar refractivity (Wildman–Crippen MR) is 202 cm³/mol. The number of aryl methyl sites for hydroxylation is 1. The number of fused-ring (bicyclic) bond motifs is 6. The smallest absolute Gasteiger partial charge is 0.0491 e. The van der Waals surface area contributed by atoms with Crippen molar-refractivity contribution in [3.05, 3.63) is 114 Å². The van der Waals surface area contributed by atoms with Crippen molar-refractivity contribution in [2.24, 2.45) is 0 Å². The molecule has 0 N–H and O–H groups in total. The Balaban J connectivity index is 1.38. The molecule has 240 valence electrons. The van der Waals surface area contributed by atoms with Crippen LogP contribution in [0.15, 0.2) is 91.5 Å². The summed E-state index contributed by atoms with van der Waals surface area (Å²) in [7, 11) is 0. The molecule has 0 radical (unpaired) electrons. The maximum atomic E-state index is 4.75. The van der Waals surface area contributed by atoms with Crippen LogP contribution in [0, 0.1) is 0 Å². The molecule has 0 amide bonds. The van der Waals surface area contributed by atoms with Gasteiger partial charge in [0.2, 0.25) is 0 Å². The van der Waals surface area contributed by atoms with E-state index in [-0.39, 0.29) is 5.41 Å². The largest absolute Gasteiger partial charge is 0.340 e. The monoisotopic (exact) mass is 609 g/mol. The minimum Gasteiger partial charge on any atom is -0.340 e. The van der Waals surface area contributed by atoms with Gasteiger partial charge in [0.05, 0.1) is 0 Å². The van der Waals surface area contributed by atoms with Gasteiger partial charge in [-0.3, -0.25) is 0 Å². The van der Waals surface area contributed by atoms with Gasteiger partial charge in [-0.1, -0.05) is 159 Å². The van der Waals surface area contributed by atoms with Crippen molar-refractivity contribution in [1.82, 2.24) is 4.57 Å². The van der Waals surface area contributed by atoms with Gasteiger partial charge in [0.15, 0.2) is 0 Å². The number of unbranched alkanes of at least 4 members (excludes halogenated alkanes) is 9. The molecule has 4 aromatic carbocycles. The van der Waals surface area contributed by atoms with Gasteiger partial charge in [0, 0.05) is 33.8 Å². The summed E-state index contributed by atoms with van der Waals surface area (Å²) in [5.74, 6) is 0. The van der Waals surface area contributed by atoms with Gasteiger partial charge < -0.3 is 4.57 Å². The first kappa shape index (κ1) is 32.4. The second-order valence-corrected chi connectivity index (χ2v) is 13.9. The number of aromatic nitrogens is 1. The zero-order valence-electron chi connectivity index (χ0n) is 28.8. The van der Waals surface area contributed by atoms with Crippen molar-refractivity contribution >= 4 is 27.4 Å². The highest BCUT2D eigenvalue weighted by Gasteiger charge is 2.42. The molecule has 0 saturated carbocycles. The van der Waals surface area contributed by atoms with Gasteiger partial charge in [-0.25, -0.2) is 0 Å². The molecule has 0 fully saturated rings. The van der Waals surface area contributed by atoms with Crippen molar-refractivity contribution in [1.29, 1.82) is 0 Å². The van der Waals surface area contributed by atoms with E-state index in [0.717, 1.165) is 12.1 Å². The molecule has 0 spiro atoms. The number of para-hydroxylation sites is 1. The Morgan fingerprint density at radius 3 is 1.87 bits per heavy atom. The van der Waals surface area contributed by atoms with Crippen LogP contribution in [0.1, 0.15) is 133 Å². The lowest BCUT2D eigenvalue weighted by Crippen LogP contribution is -2.25. The fourth-order valence-corrected chi connectivity index (χ4v) is 8.36. The summed E-state index contributed by atoms with van der Waals surface area (Å²) in [5, 5.41) is 2.70. The summed E-state index contributed by atoms with van der Waals surface area (Å²) in [5.41, 5.74) is 12.4. The van der Waals surface area contributed by atoms with Gasteiger partial charge in [0.1, 0.15) is 0 Å². The van der Waals surface area contributed by atoms with Crippen LogP contribution in [0.2, 0.25) is 0 Å². The van der Waals surface area contributed by atoms with Gasteiger partial charge in [-0.05, 0) is 82.5 Å². The van der Waals surface area contributed by atoms with Gasteiger partial charge in [-0.15, -0.1) is 0 Å². The topological polar surface area (TPSA) is 4.93 Å². The SMILES string of the molecule is C=C(c1ccc2c(c1)C(CCCCCC)(CCCCCC)c1ccccc1-2)c1ccc2c(c1)c1ccccc1n2CCCCCC. The molecule has 1 heteroatoms. The van der Waals surface area contributed by atoms with E-state index in [1.807, 2.05) is 0 Å². The average Bonchev–Trinajstić information content (AvgIpc) is 3.56. The van der Waals surface area contributed by atoms with Crippen LogP contribution in [-0.2, 0) is 12.0 Å². The van der Waals surface area contributed by atoms with Crippen LogP contribution < -0.4 is 0 Å². The lowest BCUT2D eigenvalue weighted by Gasteiger charge is -2.33. The second-order valence-electron chi connectivity index (χ2n) is 13.9. The molecule has 1 aliphatic rings. The molecule has 1 nitrogen and oxygen atoms in total. The van der Waals surface area contributed by atoms with Crippen molar-refractivity contribution in [3.63, 3.8) is 0 Å². The molecule has 0 unspecified atom stereocenters. The molecule has 46 heavy (non-hydrogen) atoms. The van der Waals surface area contributed by atoms with Gasteiger partial charge in [-0.2, -0.15) is 0 Å². The fourth-order valence-electron chi connectivity index (χ4n) is 8.36. The molecule has 6 rings (SSSR count). The first-order valence-electron chi connectivity index (χ1n) is 18.6. The zero-order valence-corrected chi connectivity index (χ0v) is 28.8. The number of rotatable bonds is 17. The van der Waals surface area contributed by atoms with E-state index in [2.05, 4.69) is 110 Å². The van der Waals surface area contributed by atoms with E-state index >= 15 is 0 Å². The molecule has 1 aromatic heterocycles. The van der Waals surface area contributed by atoms with Crippen LogP contribution >= 0.6 is 0 Å². The van der Waals surface area contributed by atoms with Crippen LogP contribution in [-0.4, -0.2) is 4.57 Å². The number of hydrogen-bond donors (Lipinski definition) is 0. The third kappa shape index (κ3) is 6.23. The van der Waals surface area contributed by atoms with Gasteiger partial charge in [0.25, 0.3) is 0 Å². The Bertz CT molecular complexity index is 1770. The highest BCUT2D eigenvalue weighted by atomic mass is 15.0. The third-order valence-electron chi connectivity index (χ3n) is 10.9. The summed E-state index contributed by atoms with van der Waals surface area (Å²) in [6.45, 7) is 12.8. The van der Waals surface area contributed by atoms with E-state index in [0.29, 0.717) is 0 Å². The standard InChI is InChI=1S/C45H55N/c1-5-8-11-18-29-45(30-19-12-9-6-2)41-23-16-14-21-37(41)38-27-25-36(33-42(38)45)34(4)35-26-28-44-40(32-35)39-22-15-17-24-43(39)46(44)31-20-13-10-7-3/h14-17,21-28,32-33H,4-13,18-20,29-31H2,1-3H3. The van der Waals surface area contributed by atoms with Crippen molar-refractivity contribution < 1.29 is 0 Å². The lowest BCUT2D eigenvalue weighted by molar-refractivity contribution is 0.401. The zero-order chi connectivity index (χ0) is 31.9. The molecular weight excluding hydrogens is 555 g/mol. The number of hydrogen-bond acceptors (Lipinski definition) is 0. The number of nitrogens with zero attached hydrogens (tertiary/aromatic N) is 1. The summed E-state index contributed by atoms with van der Waals surface area (Å²) in [6, 6.07) is 32.6. The van der Waals surface area contributed by atoms with Crippen molar-refractivity contribution in [2.75, 3.05) is 0 Å². The first-order valence-corrected chi connectivity index (χ1v) is 18.6. The molecule has 0 atom stereocenters. The molecule has 0 saturated heterocycles. The quantitative estimate of drug-likeness (QED) is 0.0924. The Kier molecular flexibility index (Phi) is 10.5. The molecule has 0 aliphatic heterocycles. The van der Waals surface area contributed by atoms with Crippen LogP contribution in [0.4, 0.5) is 0 Å². The first-order chi connectivity index (χ1) is 22.6. The van der Waals surface area contributed by atoms with Gasteiger partial charge >= 0.3 is 0 Å². The Morgan fingerprint density at radius 2 is 1.13 bits per heavy atom. The second kappa shape index (κ2) is 14.9. The minimum atomic E-state index is 0.0961. The highest BCUT2D eigenvalue weighted by Crippen LogP contribution is 2.54. The fraction of sp³-hybridized carbons (Fsp3) is 0.422. The normalized spacial score (nSPS) is 13.4. The van der Waals surface area contributed by atoms with Crippen LogP contribution in [0.5, 0.6) is 0 Å². The molecular formula is C45H55N. The predicted octanol–water partition coefficient (Wildman–Crippen LogP) is 13.6. The Morgan fingerprint density at radius 1 is 0.543 bits per heavy atom. The maximum Gasteiger partial charge on any atom is 0.0491 e. The highest BCUT2D eigenvalue weighted by molar-refractivity contribution is 6.09. The Hall–Kier alpha value is -3.58. The minimum absolute atomic E-state index is 0.0961. The van der Waals surface area contributed by atoms with E-state index in [9.17, 15) is 0 Å². The van der Waals surface area contributed by atoms with Crippen molar-refractivity contribution in [2.45, 2.75) is 123 Å². The van der Waals surface area contributed by atoms with E-state index in [1.54, 1.807) is 11.1 Å². The third-order valence-corrected chi connectivity index (χ3v) is 10.9. The molecule has 5 aromatic rings. The maximum absolute atomic E-state index is 4.75. The Labute approximate surface area is 278 Å². The van der Waals surface area contributed by atoms with Crippen LogP contribution in [0.3, 0.4) is 0 Å². The molecule has 1 aliphatic carbocycles. The lowest BCUT2D eigenvalue weighted by atomic mass is 9.70. The average molecular weight is 610 g/mol. The van der Waals surface area contributed by atoms with E-state index in [1.165, 1.54) is 134 Å².